The lowest BCUT2D eigenvalue weighted by molar-refractivity contribution is 0.128. The molecule has 1 nitrogen and oxygen atoms in total. The standard InChI is InChI=1S/C15H25N/c1-9(2)15-14-12-6-5-11(7-12)13(14)8-16(15)10(3)4/h5-6,9-15H,7-8H2,1-4H3/i5D. The van der Waals surface area contributed by atoms with Gasteiger partial charge < -0.3 is 0 Å². The first-order valence-electron chi connectivity index (χ1n) is 7.44. The summed E-state index contributed by atoms with van der Waals surface area (Å²) in [7, 11) is 0. The molecule has 5 unspecified atom stereocenters. The number of fused-ring (bicyclic) bond motifs is 5. The van der Waals surface area contributed by atoms with Gasteiger partial charge in [-0.25, -0.2) is 0 Å². The Bertz CT molecular complexity index is 347. The van der Waals surface area contributed by atoms with E-state index in [0.717, 1.165) is 29.8 Å². The molecule has 1 heterocycles. The summed E-state index contributed by atoms with van der Waals surface area (Å²) in [6, 6.07) is 2.35. The molecule has 16 heavy (non-hydrogen) atoms. The van der Waals surface area contributed by atoms with Crippen LogP contribution in [0.3, 0.4) is 0 Å². The van der Waals surface area contributed by atoms with Crippen LogP contribution >= 0.6 is 0 Å². The van der Waals surface area contributed by atoms with Crippen molar-refractivity contribution in [3.05, 3.63) is 12.1 Å². The molecule has 1 saturated heterocycles. The van der Waals surface area contributed by atoms with Gasteiger partial charge in [0.1, 0.15) is 0 Å². The van der Waals surface area contributed by atoms with E-state index in [4.69, 9.17) is 1.37 Å². The normalized spacial score (nSPS) is 47.8. The molecule has 3 aliphatic rings. The van der Waals surface area contributed by atoms with Gasteiger partial charge in [0.2, 0.25) is 0 Å². The van der Waals surface area contributed by atoms with Crippen LogP contribution in [0.15, 0.2) is 12.1 Å². The van der Waals surface area contributed by atoms with Gasteiger partial charge >= 0.3 is 0 Å². The minimum absolute atomic E-state index is 0.593. The van der Waals surface area contributed by atoms with Crippen LogP contribution in [0.2, 0.25) is 0 Å². The summed E-state index contributed by atoms with van der Waals surface area (Å²) >= 11 is 0. The highest BCUT2D eigenvalue weighted by molar-refractivity contribution is 5.19. The zero-order chi connectivity index (χ0) is 12.3. The Labute approximate surface area is 101 Å². The highest BCUT2D eigenvalue weighted by Crippen LogP contribution is 2.55. The Morgan fingerprint density at radius 2 is 2.00 bits per heavy atom. The van der Waals surface area contributed by atoms with Crippen LogP contribution < -0.4 is 0 Å². The summed E-state index contributed by atoms with van der Waals surface area (Å²) in [4.78, 5) is 2.71. The average Bonchev–Trinajstić information content (AvgIpc) is 2.83. The van der Waals surface area contributed by atoms with E-state index >= 15 is 0 Å². The molecule has 0 aromatic heterocycles. The first-order chi connectivity index (χ1) is 8.00. The summed E-state index contributed by atoms with van der Waals surface area (Å²) in [5, 5.41) is 0. The van der Waals surface area contributed by atoms with E-state index in [1.165, 1.54) is 13.0 Å². The van der Waals surface area contributed by atoms with Gasteiger partial charge in [0.25, 0.3) is 0 Å². The molecule has 90 valence electrons. The van der Waals surface area contributed by atoms with Gasteiger partial charge in [-0.3, -0.25) is 4.90 Å². The second-order valence-electron chi connectivity index (χ2n) is 6.61. The smallest absolute Gasteiger partial charge is 0.0576 e. The van der Waals surface area contributed by atoms with Crippen molar-refractivity contribution in [2.75, 3.05) is 6.54 Å². The number of rotatable bonds is 2. The van der Waals surface area contributed by atoms with E-state index in [2.05, 4.69) is 38.7 Å². The lowest BCUT2D eigenvalue weighted by atomic mass is 9.78. The highest BCUT2D eigenvalue weighted by atomic mass is 15.2. The Morgan fingerprint density at radius 1 is 1.25 bits per heavy atom. The van der Waals surface area contributed by atoms with Crippen LogP contribution in [0.5, 0.6) is 0 Å². The van der Waals surface area contributed by atoms with Crippen molar-refractivity contribution < 1.29 is 1.37 Å². The van der Waals surface area contributed by atoms with E-state index in [1.807, 2.05) is 0 Å². The van der Waals surface area contributed by atoms with Gasteiger partial charge in [0.05, 0.1) is 1.37 Å². The largest absolute Gasteiger partial charge is 0.297 e. The van der Waals surface area contributed by atoms with Crippen LogP contribution in [-0.2, 0) is 0 Å². The minimum Gasteiger partial charge on any atom is -0.297 e. The van der Waals surface area contributed by atoms with Crippen molar-refractivity contribution in [2.45, 2.75) is 46.2 Å². The predicted molar refractivity (Wildman–Crippen MR) is 68.2 cm³/mol. The lowest BCUT2D eigenvalue weighted by Crippen LogP contribution is -2.42. The number of likely N-dealkylation sites (tertiary alicyclic amines) is 1. The van der Waals surface area contributed by atoms with E-state index in [-0.39, 0.29) is 0 Å². The van der Waals surface area contributed by atoms with Gasteiger partial charge in [-0.2, -0.15) is 0 Å². The van der Waals surface area contributed by atoms with Gasteiger partial charge in [0, 0.05) is 18.6 Å². The molecule has 2 aliphatic carbocycles. The van der Waals surface area contributed by atoms with E-state index in [9.17, 15) is 0 Å². The SMILES string of the molecule is [2H]C1=CC2CC1C1CN(C(C)C)C(C(C)C)C21. The van der Waals surface area contributed by atoms with E-state index in [0.29, 0.717) is 17.9 Å². The van der Waals surface area contributed by atoms with Crippen LogP contribution in [-0.4, -0.2) is 23.5 Å². The molecule has 0 aromatic carbocycles. The van der Waals surface area contributed by atoms with Crippen molar-refractivity contribution in [3.63, 3.8) is 0 Å². The third-order valence-corrected chi connectivity index (χ3v) is 5.10. The van der Waals surface area contributed by atoms with Crippen molar-refractivity contribution in [2.24, 2.45) is 29.6 Å². The van der Waals surface area contributed by atoms with Crippen molar-refractivity contribution in [1.82, 2.24) is 4.90 Å². The third-order valence-electron chi connectivity index (χ3n) is 5.10. The topological polar surface area (TPSA) is 3.24 Å². The molecule has 1 heteroatoms. The van der Waals surface area contributed by atoms with Gasteiger partial charge in [-0.1, -0.05) is 26.0 Å². The zero-order valence-electron chi connectivity index (χ0n) is 12.0. The van der Waals surface area contributed by atoms with Gasteiger partial charge in [-0.15, -0.1) is 0 Å². The van der Waals surface area contributed by atoms with Crippen molar-refractivity contribution >= 4 is 0 Å². The van der Waals surface area contributed by atoms with Crippen LogP contribution in [0, 0.1) is 29.6 Å². The van der Waals surface area contributed by atoms with Gasteiger partial charge in [-0.05, 0) is 49.9 Å². The molecule has 1 saturated carbocycles. The predicted octanol–water partition coefficient (Wildman–Crippen LogP) is 3.17. The zero-order valence-corrected chi connectivity index (χ0v) is 11.0. The first kappa shape index (κ1) is 9.70. The molecule has 1 aliphatic heterocycles. The monoisotopic (exact) mass is 220 g/mol. The molecular formula is C15H25N. The third kappa shape index (κ3) is 1.33. The summed E-state index contributed by atoms with van der Waals surface area (Å²) < 4.78 is 8.06. The Kier molecular flexibility index (Phi) is 2.18. The number of hydrogen-bond acceptors (Lipinski definition) is 1. The maximum absolute atomic E-state index is 8.06. The van der Waals surface area contributed by atoms with Crippen molar-refractivity contribution in [3.8, 4) is 0 Å². The Hall–Kier alpha value is -0.300. The molecule has 0 radical (unpaired) electrons. The fourth-order valence-corrected chi connectivity index (χ4v) is 4.55. The minimum atomic E-state index is 0.593. The number of nitrogens with zero attached hydrogens (tertiary/aromatic N) is 1. The fourth-order valence-electron chi connectivity index (χ4n) is 4.55. The molecule has 0 aromatic rings. The summed E-state index contributed by atoms with van der Waals surface area (Å²) in [5.74, 6) is 3.68. The molecule has 0 N–H and O–H groups in total. The first-order valence-corrected chi connectivity index (χ1v) is 6.94. The maximum atomic E-state index is 8.06. The highest BCUT2D eigenvalue weighted by Gasteiger charge is 2.55. The van der Waals surface area contributed by atoms with Crippen LogP contribution in [0.1, 0.15) is 35.5 Å². The summed E-state index contributed by atoms with van der Waals surface area (Å²) in [6.45, 7) is 10.6. The Morgan fingerprint density at radius 3 is 2.62 bits per heavy atom. The summed E-state index contributed by atoms with van der Waals surface area (Å²) in [5.41, 5.74) is 0. The molecule has 0 spiro atoms. The Balaban J connectivity index is 1.91. The summed E-state index contributed by atoms with van der Waals surface area (Å²) in [6.07, 6.45) is 3.55. The fraction of sp³-hybridized carbons (Fsp3) is 0.867. The molecular weight excluding hydrogens is 194 g/mol. The lowest BCUT2D eigenvalue weighted by Gasteiger charge is -2.35. The molecule has 2 fully saturated rings. The maximum Gasteiger partial charge on any atom is 0.0576 e. The van der Waals surface area contributed by atoms with E-state index in [1.54, 1.807) is 0 Å². The average molecular weight is 220 g/mol. The second-order valence-corrected chi connectivity index (χ2v) is 6.61. The van der Waals surface area contributed by atoms with Crippen LogP contribution in [0.25, 0.3) is 0 Å². The number of hydrogen-bond donors (Lipinski definition) is 0. The quantitative estimate of drug-likeness (QED) is 0.646. The van der Waals surface area contributed by atoms with E-state index < -0.39 is 0 Å². The molecule has 0 amide bonds. The van der Waals surface area contributed by atoms with Gasteiger partial charge in [0.15, 0.2) is 0 Å². The number of allylic oxidation sites excluding steroid dienone is 2. The second kappa shape index (κ2) is 3.60. The van der Waals surface area contributed by atoms with Crippen LogP contribution in [0.4, 0.5) is 0 Å². The molecule has 2 bridgehead atoms. The molecule has 3 rings (SSSR count). The molecule has 5 atom stereocenters. The van der Waals surface area contributed by atoms with Crippen molar-refractivity contribution in [1.29, 1.82) is 0 Å².